The van der Waals surface area contributed by atoms with Gasteiger partial charge in [-0.15, -0.1) is 0 Å². The van der Waals surface area contributed by atoms with Crippen LogP contribution in [0, 0.1) is 0 Å². The monoisotopic (exact) mass is 439 g/mol. The number of hydrogen-bond acceptors (Lipinski definition) is 5. The first-order valence-corrected chi connectivity index (χ1v) is 10.1. The van der Waals surface area contributed by atoms with E-state index in [0.717, 1.165) is 37.8 Å². The Hall–Kier alpha value is -2.88. The van der Waals surface area contributed by atoms with E-state index in [1.54, 1.807) is 6.92 Å². The first-order chi connectivity index (χ1) is 14.7. The van der Waals surface area contributed by atoms with Crippen molar-refractivity contribution in [3.8, 4) is 11.3 Å². The Balaban J connectivity index is 1.91. The van der Waals surface area contributed by atoms with Crippen LogP contribution < -0.4 is 10.6 Å². The molecule has 7 nitrogen and oxygen atoms in total. The van der Waals surface area contributed by atoms with Crippen molar-refractivity contribution >= 4 is 11.9 Å². The highest BCUT2D eigenvalue weighted by molar-refractivity contribution is 5.95. The highest BCUT2D eigenvalue weighted by Crippen LogP contribution is 2.33. The van der Waals surface area contributed by atoms with Crippen LogP contribution in [-0.2, 0) is 17.5 Å². The van der Waals surface area contributed by atoms with Gasteiger partial charge in [-0.2, -0.15) is 13.2 Å². The summed E-state index contributed by atoms with van der Waals surface area (Å²) in [7, 11) is 0. The quantitative estimate of drug-likeness (QED) is 0.575. The molecule has 0 bridgehead atoms. The second-order valence-corrected chi connectivity index (χ2v) is 7.55. The molecule has 0 saturated heterocycles. The largest absolute Gasteiger partial charge is 0.480 e. The van der Waals surface area contributed by atoms with Crippen molar-refractivity contribution in [1.29, 1.82) is 0 Å². The molecule has 3 N–H and O–H groups in total. The topological polar surface area (TPSA) is 104 Å². The summed E-state index contributed by atoms with van der Waals surface area (Å²) in [6.07, 6.45) is -0.413. The fourth-order valence-corrected chi connectivity index (χ4v) is 3.64. The molecule has 0 spiro atoms. The number of alkyl halides is 3. The van der Waals surface area contributed by atoms with Crippen molar-refractivity contribution in [1.82, 2.24) is 15.8 Å². The zero-order valence-corrected chi connectivity index (χ0v) is 17.0. The molecule has 1 unspecified atom stereocenters. The molecule has 1 heterocycles. The standard InChI is InChI=1S/C21H24F3N3O4/c1-2-16(20(29)30)25-11-15-17(19(28)26-14-5-3-4-6-14)27-31-18(15)12-7-9-13(10-8-12)21(22,23)24/h7-10,14,16,25H,2-6,11H2,1H3,(H,26,28)(H,29,30). The number of benzene rings is 1. The van der Waals surface area contributed by atoms with Crippen LogP contribution in [-0.4, -0.2) is 34.2 Å². The molecular weight excluding hydrogens is 415 g/mol. The van der Waals surface area contributed by atoms with E-state index < -0.39 is 29.7 Å². The minimum absolute atomic E-state index is 0.00506. The summed E-state index contributed by atoms with van der Waals surface area (Å²) in [4.78, 5) is 24.1. The molecule has 1 aromatic carbocycles. The summed E-state index contributed by atoms with van der Waals surface area (Å²) in [5.41, 5.74) is -0.211. The first kappa shape index (κ1) is 22.8. The Morgan fingerprint density at radius 3 is 2.42 bits per heavy atom. The molecule has 1 fully saturated rings. The van der Waals surface area contributed by atoms with Crippen molar-refractivity contribution in [2.45, 2.75) is 63.8 Å². The van der Waals surface area contributed by atoms with Crippen LogP contribution in [0.15, 0.2) is 28.8 Å². The highest BCUT2D eigenvalue weighted by Gasteiger charge is 2.31. The lowest BCUT2D eigenvalue weighted by molar-refractivity contribution is -0.139. The minimum Gasteiger partial charge on any atom is -0.480 e. The molecule has 1 atom stereocenters. The molecule has 0 aliphatic heterocycles. The van der Waals surface area contributed by atoms with Gasteiger partial charge in [0.1, 0.15) is 6.04 Å². The summed E-state index contributed by atoms with van der Waals surface area (Å²) in [5.74, 6) is -1.38. The number of carbonyl (C=O) groups excluding carboxylic acids is 1. The number of carboxylic acid groups (broad SMARTS) is 1. The Morgan fingerprint density at radius 1 is 1.23 bits per heavy atom. The zero-order valence-electron chi connectivity index (χ0n) is 17.0. The van der Waals surface area contributed by atoms with Crippen LogP contribution >= 0.6 is 0 Å². The lowest BCUT2D eigenvalue weighted by Gasteiger charge is -2.14. The SMILES string of the molecule is CCC(NCc1c(C(=O)NC2CCCC2)noc1-c1ccc(C(F)(F)F)cc1)C(=O)O. The van der Waals surface area contributed by atoms with Gasteiger partial charge in [-0.1, -0.05) is 37.1 Å². The summed E-state index contributed by atoms with van der Waals surface area (Å²) < 4.78 is 44.0. The van der Waals surface area contributed by atoms with Crippen LogP contribution in [0.5, 0.6) is 0 Å². The molecule has 1 aliphatic rings. The van der Waals surface area contributed by atoms with E-state index in [0.29, 0.717) is 17.5 Å². The average molecular weight is 439 g/mol. The van der Waals surface area contributed by atoms with Crippen molar-refractivity contribution in [2.24, 2.45) is 0 Å². The smallest absolute Gasteiger partial charge is 0.416 e. The summed E-state index contributed by atoms with van der Waals surface area (Å²) in [5, 5.41) is 18.9. The van der Waals surface area contributed by atoms with Crippen LogP contribution in [0.25, 0.3) is 11.3 Å². The Bertz CT molecular complexity index is 919. The number of aliphatic carboxylic acids is 1. The highest BCUT2D eigenvalue weighted by atomic mass is 19.4. The van der Waals surface area contributed by atoms with E-state index in [2.05, 4.69) is 15.8 Å². The Kier molecular flexibility index (Phi) is 6.99. The van der Waals surface area contributed by atoms with Crippen molar-refractivity contribution < 1.29 is 32.4 Å². The maximum Gasteiger partial charge on any atom is 0.416 e. The predicted octanol–water partition coefficient (Wildman–Crippen LogP) is 3.99. The molecule has 31 heavy (non-hydrogen) atoms. The first-order valence-electron chi connectivity index (χ1n) is 10.1. The van der Waals surface area contributed by atoms with Gasteiger partial charge in [-0.25, -0.2) is 0 Å². The lowest BCUT2D eigenvalue weighted by atomic mass is 10.0. The second-order valence-electron chi connectivity index (χ2n) is 7.55. The number of aromatic nitrogens is 1. The second kappa shape index (κ2) is 9.51. The van der Waals surface area contributed by atoms with Crippen molar-refractivity contribution in [3.05, 3.63) is 41.1 Å². The van der Waals surface area contributed by atoms with Crippen molar-refractivity contribution in [3.63, 3.8) is 0 Å². The zero-order chi connectivity index (χ0) is 22.6. The molecule has 1 aromatic heterocycles. The maximum absolute atomic E-state index is 12.9. The van der Waals surface area contributed by atoms with E-state index >= 15 is 0 Å². The Labute approximate surface area is 177 Å². The summed E-state index contributed by atoms with van der Waals surface area (Å²) >= 11 is 0. The molecule has 2 aromatic rings. The third-order valence-electron chi connectivity index (χ3n) is 5.40. The van der Waals surface area contributed by atoms with Gasteiger partial charge in [0.2, 0.25) is 0 Å². The van der Waals surface area contributed by atoms with Gasteiger partial charge in [-0.3, -0.25) is 9.59 Å². The number of nitrogens with one attached hydrogen (secondary N) is 2. The number of rotatable bonds is 8. The molecule has 1 amide bonds. The molecule has 1 aliphatic carbocycles. The van der Waals surface area contributed by atoms with Crippen LogP contribution in [0.4, 0.5) is 13.2 Å². The van der Waals surface area contributed by atoms with Crippen LogP contribution in [0.1, 0.15) is 60.6 Å². The molecule has 10 heteroatoms. The Morgan fingerprint density at radius 2 is 1.87 bits per heavy atom. The van der Waals surface area contributed by atoms with Crippen LogP contribution in [0.3, 0.4) is 0 Å². The average Bonchev–Trinajstić information content (AvgIpc) is 3.37. The molecule has 168 valence electrons. The van der Waals surface area contributed by atoms with Gasteiger partial charge in [-0.05, 0) is 31.4 Å². The number of carboxylic acids is 1. The molecule has 3 rings (SSSR count). The number of amides is 1. The molecular formula is C21H24F3N3O4. The minimum atomic E-state index is -4.48. The van der Waals surface area contributed by atoms with Gasteiger partial charge in [0, 0.05) is 23.7 Å². The van der Waals surface area contributed by atoms with Gasteiger partial charge in [0.15, 0.2) is 11.5 Å². The maximum atomic E-state index is 12.9. The lowest BCUT2D eigenvalue weighted by Crippen LogP contribution is -2.37. The van der Waals surface area contributed by atoms with E-state index in [1.165, 1.54) is 12.1 Å². The van der Waals surface area contributed by atoms with Gasteiger partial charge in [0.05, 0.1) is 5.56 Å². The molecule has 0 radical (unpaired) electrons. The fourth-order valence-electron chi connectivity index (χ4n) is 3.64. The molecule has 1 saturated carbocycles. The van der Waals surface area contributed by atoms with E-state index in [9.17, 15) is 27.9 Å². The van der Waals surface area contributed by atoms with E-state index in [4.69, 9.17) is 4.52 Å². The number of nitrogens with zero attached hydrogens (tertiary/aromatic N) is 1. The van der Waals surface area contributed by atoms with E-state index in [1.807, 2.05) is 0 Å². The third kappa shape index (κ3) is 5.43. The van der Waals surface area contributed by atoms with Crippen molar-refractivity contribution in [2.75, 3.05) is 0 Å². The van der Waals surface area contributed by atoms with Crippen LogP contribution in [0.2, 0.25) is 0 Å². The number of hydrogen-bond donors (Lipinski definition) is 3. The van der Waals surface area contributed by atoms with E-state index in [-0.39, 0.29) is 24.0 Å². The summed E-state index contributed by atoms with van der Waals surface area (Å²) in [6, 6.07) is 3.47. The van der Waals surface area contributed by atoms with Gasteiger partial charge >= 0.3 is 12.1 Å². The third-order valence-corrected chi connectivity index (χ3v) is 5.40. The normalized spacial score (nSPS) is 15.7. The number of halogens is 3. The fraction of sp³-hybridized carbons (Fsp3) is 0.476. The number of carbonyl (C=O) groups is 2. The van der Waals surface area contributed by atoms with Gasteiger partial charge in [0.25, 0.3) is 5.91 Å². The summed E-state index contributed by atoms with van der Waals surface area (Å²) in [6.45, 7) is 1.65. The van der Waals surface area contributed by atoms with Gasteiger partial charge < -0.3 is 20.3 Å². The predicted molar refractivity (Wildman–Crippen MR) is 105 cm³/mol.